The molecule has 1 fully saturated rings. The predicted molar refractivity (Wildman–Crippen MR) is 72.5 cm³/mol. The van der Waals surface area contributed by atoms with Gasteiger partial charge >= 0.3 is 0 Å². The molecule has 0 bridgehead atoms. The third-order valence-electron chi connectivity index (χ3n) is 3.93. The zero-order chi connectivity index (χ0) is 11.1. The van der Waals surface area contributed by atoms with Crippen molar-refractivity contribution in [2.45, 2.75) is 45.4 Å². The third kappa shape index (κ3) is 1.49. The first-order valence-electron chi connectivity index (χ1n) is 6.26. The largest absolute Gasteiger partial charge is 0.140 e. The number of benzene rings is 1. The highest BCUT2D eigenvalue weighted by atomic mass is 32.1. The molecule has 2 aromatic rings. The van der Waals surface area contributed by atoms with E-state index in [0.29, 0.717) is 0 Å². The molecule has 0 saturated heterocycles. The maximum Gasteiger partial charge on any atom is 0.0351 e. The second-order valence-corrected chi connectivity index (χ2v) is 6.10. The van der Waals surface area contributed by atoms with Gasteiger partial charge in [0.15, 0.2) is 0 Å². The normalized spacial score (nSPS) is 17.4. The van der Waals surface area contributed by atoms with Crippen LogP contribution in [-0.2, 0) is 0 Å². The van der Waals surface area contributed by atoms with Crippen molar-refractivity contribution in [2.75, 3.05) is 0 Å². The summed E-state index contributed by atoms with van der Waals surface area (Å²) in [5, 5.41) is 1.52. The van der Waals surface area contributed by atoms with Gasteiger partial charge in [-0.05, 0) is 55.2 Å². The van der Waals surface area contributed by atoms with Gasteiger partial charge in [-0.2, -0.15) is 0 Å². The van der Waals surface area contributed by atoms with Crippen LogP contribution in [0.25, 0.3) is 10.1 Å². The zero-order valence-corrected chi connectivity index (χ0v) is 10.9. The highest BCUT2D eigenvalue weighted by molar-refractivity contribution is 7.19. The lowest BCUT2D eigenvalue weighted by Gasteiger charge is -2.07. The fourth-order valence-electron chi connectivity index (χ4n) is 3.10. The SMILES string of the molecule is Cc1cccc2sc(C3CCCC3)c(C)c12. The third-order valence-corrected chi connectivity index (χ3v) is 5.34. The summed E-state index contributed by atoms with van der Waals surface area (Å²) >= 11 is 2.04. The Kier molecular flexibility index (Phi) is 2.51. The molecule has 1 aromatic carbocycles. The van der Waals surface area contributed by atoms with Gasteiger partial charge < -0.3 is 0 Å². The van der Waals surface area contributed by atoms with Crippen LogP contribution in [0.3, 0.4) is 0 Å². The highest BCUT2D eigenvalue weighted by Crippen LogP contribution is 2.43. The molecule has 16 heavy (non-hydrogen) atoms. The molecule has 1 aliphatic carbocycles. The summed E-state index contributed by atoms with van der Waals surface area (Å²) in [6, 6.07) is 6.70. The van der Waals surface area contributed by atoms with Crippen molar-refractivity contribution in [1.82, 2.24) is 0 Å². The average Bonchev–Trinajstić information content (AvgIpc) is 2.86. The summed E-state index contributed by atoms with van der Waals surface area (Å²) in [7, 11) is 0. The number of thiophene rings is 1. The highest BCUT2D eigenvalue weighted by Gasteiger charge is 2.22. The number of hydrogen-bond acceptors (Lipinski definition) is 1. The second kappa shape index (κ2) is 3.89. The number of rotatable bonds is 1. The fraction of sp³-hybridized carbons (Fsp3) is 0.467. The van der Waals surface area contributed by atoms with Crippen LogP contribution < -0.4 is 0 Å². The molecule has 0 unspecified atom stereocenters. The first-order chi connectivity index (χ1) is 7.77. The Morgan fingerprint density at radius 2 is 1.88 bits per heavy atom. The van der Waals surface area contributed by atoms with Gasteiger partial charge in [-0.1, -0.05) is 25.0 Å². The van der Waals surface area contributed by atoms with Gasteiger partial charge in [0.2, 0.25) is 0 Å². The van der Waals surface area contributed by atoms with E-state index in [9.17, 15) is 0 Å². The monoisotopic (exact) mass is 230 g/mol. The van der Waals surface area contributed by atoms with Gasteiger partial charge in [0.25, 0.3) is 0 Å². The molecule has 0 atom stereocenters. The standard InChI is InChI=1S/C15H18S/c1-10-6-5-9-13-14(10)11(2)15(16-13)12-7-3-4-8-12/h5-6,9,12H,3-4,7-8H2,1-2H3. The van der Waals surface area contributed by atoms with Crippen molar-refractivity contribution in [3.63, 3.8) is 0 Å². The molecule has 0 spiro atoms. The average molecular weight is 230 g/mol. The smallest absolute Gasteiger partial charge is 0.0351 e. The van der Waals surface area contributed by atoms with Crippen LogP contribution >= 0.6 is 11.3 Å². The molecule has 0 aliphatic heterocycles. The van der Waals surface area contributed by atoms with Gasteiger partial charge in [0, 0.05) is 9.58 Å². The number of hydrogen-bond donors (Lipinski definition) is 0. The lowest BCUT2D eigenvalue weighted by Crippen LogP contribution is -1.90. The van der Waals surface area contributed by atoms with Gasteiger partial charge in [-0.25, -0.2) is 0 Å². The van der Waals surface area contributed by atoms with E-state index < -0.39 is 0 Å². The fourth-order valence-corrected chi connectivity index (χ4v) is 4.56. The quantitative estimate of drug-likeness (QED) is 0.633. The molecule has 1 heteroatoms. The summed E-state index contributed by atoms with van der Waals surface area (Å²) in [5.74, 6) is 0.858. The second-order valence-electron chi connectivity index (χ2n) is 5.02. The molecule has 0 amide bonds. The maximum atomic E-state index is 2.32. The Labute approximate surface area is 101 Å². The Morgan fingerprint density at radius 3 is 2.56 bits per heavy atom. The van der Waals surface area contributed by atoms with Crippen molar-refractivity contribution in [2.24, 2.45) is 0 Å². The van der Waals surface area contributed by atoms with Crippen LogP contribution in [0.2, 0.25) is 0 Å². The summed E-state index contributed by atoms with van der Waals surface area (Å²) < 4.78 is 1.49. The van der Waals surface area contributed by atoms with Crippen molar-refractivity contribution in [3.05, 3.63) is 34.2 Å². The van der Waals surface area contributed by atoms with Crippen LogP contribution in [0, 0.1) is 13.8 Å². The van der Waals surface area contributed by atoms with E-state index in [1.54, 1.807) is 10.4 Å². The summed E-state index contributed by atoms with van der Waals surface area (Å²) in [6.07, 6.45) is 5.67. The Hall–Kier alpha value is -0.820. The summed E-state index contributed by atoms with van der Waals surface area (Å²) in [4.78, 5) is 1.67. The molecule has 1 aliphatic rings. The van der Waals surface area contributed by atoms with Crippen molar-refractivity contribution >= 4 is 21.4 Å². The minimum absolute atomic E-state index is 0.858. The van der Waals surface area contributed by atoms with Gasteiger partial charge in [0.05, 0.1) is 0 Å². The predicted octanol–water partition coefficient (Wildman–Crippen LogP) is 5.18. The van der Waals surface area contributed by atoms with Crippen LogP contribution in [0.4, 0.5) is 0 Å². The van der Waals surface area contributed by atoms with E-state index >= 15 is 0 Å². The van der Waals surface area contributed by atoms with Crippen LogP contribution in [0.15, 0.2) is 18.2 Å². The molecule has 0 N–H and O–H groups in total. The zero-order valence-electron chi connectivity index (χ0n) is 10.0. The topological polar surface area (TPSA) is 0 Å². The molecule has 1 heterocycles. The number of aryl methyl sites for hydroxylation is 2. The summed E-state index contributed by atoms with van der Waals surface area (Å²) in [6.45, 7) is 4.56. The molecule has 0 radical (unpaired) electrons. The minimum atomic E-state index is 0.858. The van der Waals surface area contributed by atoms with Crippen molar-refractivity contribution < 1.29 is 0 Å². The lowest BCUT2D eigenvalue weighted by atomic mass is 9.99. The van der Waals surface area contributed by atoms with Gasteiger partial charge in [-0.15, -0.1) is 11.3 Å². The summed E-state index contributed by atoms with van der Waals surface area (Å²) in [5.41, 5.74) is 3.00. The lowest BCUT2D eigenvalue weighted by molar-refractivity contribution is 0.734. The van der Waals surface area contributed by atoms with Gasteiger partial charge in [-0.3, -0.25) is 0 Å². The Morgan fingerprint density at radius 1 is 1.12 bits per heavy atom. The van der Waals surface area contributed by atoms with E-state index in [4.69, 9.17) is 0 Å². The Balaban J connectivity index is 2.19. The maximum absolute atomic E-state index is 2.32. The molecule has 84 valence electrons. The molecule has 0 nitrogen and oxygen atoms in total. The van der Waals surface area contributed by atoms with Gasteiger partial charge in [0.1, 0.15) is 0 Å². The number of fused-ring (bicyclic) bond motifs is 1. The van der Waals surface area contributed by atoms with E-state index in [0.717, 1.165) is 5.92 Å². The first kappa shape index (κ1) is 10.3. The van der Waals surface area contributed by atoms with E-state index in [1.807, 2.05) is 11.3 Å². The van der Waals surface area contributed by atoms with E-state index in [1.165, 1.54) is 41.3 Å². The molecule has 1 aromatic heterocycles. The van der Waals surface area contributed by atoms with Crippen LogP contribution in [0.1, 0.15) is 47.6 Å². The first-order valence-corrected chi connectivity index (χ1v) is 7.07. The Bertz CT molecular complexity index is 515. The molecule has 1 saturated carbocycles. The molecular formula is C15H18S. The van der Waals surface area contributed by atoms with E-state index in [2.05, 4.69) is 32.0 Å². The van der Waals surface area contributed by atoms with Crippen molar-refractivity contribution in [1.29, 1.82) is 0 Å². The minimum Gasteiger partial charge on any atom is -0.140 e. The van der Waals surface area contributed by atoms with Crippen LogP contribution in [0.5, 0.6) is 0 Å². The molecular weight excluding hydrogens is 212 g/mol. The van der Waals surface area contributed by atoms with Crippen molar-refractivity contribution in [3.8, 4) is 0 Å². The van der Waals surface area contributed by atoms with E-state index in [-0.39, 0.29) is 0 Å². The molecule has 3 rings (SSSR count). The van der Waals surface area contributed by atoms with Crippen LogP contribution in [-0.4, -0.2) is 0 Å².